The van der Waals surface area contributed by atoms with Crippen LogP contribution in [0.5, 0.6) is 5.75 Å². The first-order chi connectivity index (χ1) is 27.1. The lowest BCUT2D eigenvalue weighted by molar-refractivity contribution is -0.137. The number of nitrogens with zero attached hydrogens (tertiary/aromatic N) is 4. The van der Waals surface area contributed by atoms with Gasteiger partial charge in [-0.2, -0.15) is 13.2 Å². The highest BCUT2D eigenvalue weighted by molar-refractivity contribution is 5.51. The predicted octanol–water partition coefficient (Wildman–Crippen LogP) is 11.0. The molecule has 2 aromatic carbocycles. The molecule has 0 N–H and O–H groups in total. The maximum Gasteiger partial charge on any atom is 0.416 e. The third kappa shape index (κ3) is 9.25. The van der Waals surface area contributed by atoms with Crippen LogP contribution < -0.4 is 9.64 Å². The van der Waals surface area contributed by atoms with Crippen LogP contribution in [0, 0.1) is 5.41 Å². The standard InChI is InChI=1S/C44H50F6N4O3/c1-42(2)21-34-37(35(22-42)57-26-27-5-11-33(56-4)12-6-27)36(29-13-17-43(46,47)18-14-29)38(39(45)30-7-9-32(10-8-30)44(48,49)50)40(53-34)31-15-19-54(20-16-31)41-51-23-28(24-52-41)25-55-3/h5-12,23-24,29,31,35,39H,13-22,25-26H2,1-4H3/t35-,39-/m0/s1. The minimum absolute atomic E-state index is 0.0576. The minimum Gasteiger partial charge on any atom is -0.497 e. The molecule has 306 valence electrons. The molecule has 0 spiro atoms. The van der Waals surface area contributed by atoms with Crippen molar-refractivity contribution < 1.29 is 40.6 Å². The third-order valence-electron chi connectivity index (χ3n) is 11.8. The van der Waals surface area contributed by atoms with Gasteiger partial charge in [-0.3, -0.25) is 4.98 Å². The fraction of sp³-hybridized carbons (Fsp3) is 0.523. The number of hydrogen-bond donors (Lipinski definition) is 0. The van der Waals surface area contributed by atoms with Gasteiger partial charge in [0, 0.05) is 73.7 Å². The minimum atomic E-state index is -4.59. The molecule has 0 bridgehead atoms. The zero-order valence-corrected chi connectivity index (χ0v) is 32.8. The van der Waals surface area contributed by atoms with Crippen LogP contribution in [0.1, 0.15) is 133 Å². The number of benzene rings is 2. The van der Waals surface area contributed by atoms with E-state index >= 15 is 4.39 Å². The molecule has 2 aliphatic carbocycles. The summed E-state index contributed by atoms with van der Waals surface area (Å²) in [6.07, 6.45) is -1.58. The number of hydrogen-bond acceptors (Lipinski definition) is 7. The molecule has 4 aromatic rings. The Morgan fingerprint density at radius 1 is 0.825 bits per heavy atom. The molecule has 7 rings (SSSR count). The van der Waals surface area contributed by atoms with E-state index in [4.69, 9.17) is 19.2 Å². The normalized spacial score (nSPS) is 20.6. The molecule has 0 amide bonds. The highest BCUT2D eigenvalue weighted by atomic mass is 19.4. The van der Waals surface area contributed by atoms with Crippen molar-refractivity contribution in [1.29, 1.82) is 0 Å². The van der Waals surface area contributed by atoms with Crippen molar-refractivity contribution in [1.82, 2.24) is 15.0 Å². The lowest BCUT2D eigenvalue weighted by Crippen LogP contribution is -2.36. The topological polar surface area (TPSA) is 69.6 Å². The number of pyridine rings is 1. The quantitative estimate of drug-likeness (QED) is 0.140. The SMILES string of the molecule is COCc1cnc(N2CCC(c3nc4c(c(C5CCC(F)(F)CC5)c3[C@@H](F)c3ccc(C(F)(F)F)cc3)[C@@H](OCc3ccc(OC)cc3)CC(C)(C)C4)CC2)nc1. The average Bonchev–Trinajstić information content (AvgIpc) is 3.19. The highest BCUT2D eigenvalue weighted by Gasteiger charge is 2.44. The van der Waals surface area contributed by atoms with E-state index in [0.29, 0.717) is 73.9 Å². The zero-order valence-electron chi connectivity index (χ0n) is 32.8. The van der Waals surface area contributed by atoms with Crippen LogP contribution in [0.3, 0.4) is 0 Å². The van der Waals surface area contributed by atoms with E-state index in [1.807, 2.05) is 24.3 Å². The van der Waals surface area contributed by atoms with Gasteiger partial charge in [-0.05, 0) is 90.8 Å². The van der Waals surface area contributed by atoms with Gasteiger partial charge < -0.3 is 19.1 Å². The van der Waals surface area contributed by atoms with Crippen LogP contribution in [0.4, 0.5) is 32.3 Å². The zero-order chi connectivity index (χ0) is 40.5. The van der Waals surface area contributed by atoms with Crippen molar-refractivity contribution >= 4 is 5.95 Å². The lowest BCUT2D eigenvalue weighted by Gasteiger charge is -2.42. The van der Waals surface area contributed by atoms with E-state index < -0.39 is 35.9 Å². The number of anilines is 1. The number of alkyl halides is 6. The van der Waals surface area contributed by atoms with Crippen molar-refractivity contribution in [2.75, 3.05) is 32.2 Å². The Labute approximate surface area is 330 Å². The van der Waals surface area contributed by atoms with Crippen LogP contribution in [0.15, 0.2) is 60.9 Å². The van der Waals surface area contributed by atoms with Gasteiger partial charge in [-0.15, -0.1) is 0 Å². The Morgan fingerprint density at radius 3 is 2.07 bits per heavy atom. The van der Waals surface area contributed by atoms with Gasteiger partial charge in [0.15, 0.2) is 6.17 Å². The maximum atomic E-state index is 17.7. The maximum absolute atomic E-state index is 17.7. The number of fused-ring (bicyclic) bond motifs is 1. The number of aromatic nitrogens is 3. The summed E-state index contributed by atoms with van der Waals surface area (Å²) in [5, 5.41) is 0. The van der Waals surface area contributed by atoms with E-state index in [2.05, 4.69) is 28.7 Å². The molecular weight excluding hydrogens is 746 g/mol. The Bertz CT molecular complexity index is 1970. The number of piperidine rings is 1. The lowest BCUT2D eigenvalue weighted by atomic mass is 9.68. The van der Waals surface area contributed by atoms with Gasteiger partial charge in [0.1, 0.15) is 5.75 Å². The molecule has 57 heavy (non-hydrogen) atoms. The summed E-state index contributed by atoms with van der Waals surface area (Å²) in [6.45, 7) is 6.05. The number of rotatable bonds is 11. The molecule has 0 radical (unpaired) electrons. The van der Waals surface area contributed by atoms with Crippen molar-refractivity contribution in [3.05, 3.63) is 111 Å². The van der Waals surface area contributed by atoms with Gasteiger partial charge in [-0.25, -0.2) is 23.1 Å². The second-order valence-electron chi connectivity index (χ2n) is 16.6. The van der Waals surface area contributed by atoms with Crippen LogP contribution >= 0.6 is 0 Å². The Hall–Kier alpha value is -4.23. The molecule has 2 atom stereocenters. The smallest absolute Gasteiger partial charge is 0.416 e. The molecule has 1 aliphatic heterocycles. The van der Waals surface area contributed by atoms with Crippen molar-refractivity contribution in [3.8, 4) is 5.75 Å². The van der Waals surface area contributed by atoms with Crippen LogP contribution in [-0.2, 0) is 35.3 Å². The summed E-state index contributed by atoms with van der Waals surface area (Å²) in [7, 11) is 3.20. The molecule has 1 saturated carbocycles. The van der Waals surface area contributed by atoms with Gasteiger partial charge in [0.2, 0.25) is 11.9 Å². The molecule has 7 nitrogen and oxygen atoms in total. The monoisotopic (exact) mass is 796 g/mol. The summed E-state index contributed by atoms with van der Waals surface area (Å²) in [4.78, 5) is 16.5. The van der Waals surface area contributed by atoms with Gasteiger partial charge in [0.25, 0.3) is 0 Å². The van der Waals surface area contributed by atoms with Crippen molar-refractivity contribution in [3.63, 3.8) is 0 Å². The van der Waals surface area contributed by atoms with E-state index in [-0.39, 0.29) is 49.2 Å². The molecule has 1 saturated heterocycles. The van der Waals surface area contributed by atoms with Crippen molar-refractivity contribution in [2.45, 2.75) is 115 Å². The van der Waals surface area contributed by atoms with Crippen LogP contribution in [-0.4, -0.2) is 48.2 Å². The summed E-state index contributed by atoms with van der Waals surface area (Å²) >= 11 is 0. The molecule has 3 heterocycles. The van der Waals surface area contributed by atoms with E-state index in [1.165, 1.54) is 12.1 Å². The van der Waals surface area contributed by atoms with Gasteiger partial charge in [-0.1, -0.05) is 38.1 Å². The summed E-state index contributed by atoms with van der Waals surface area (Å²) in [5.74, 6) is -2.19. The van der Waals surface area contributed by atoms with Crippen molar-refractivity contribution in [2.24, 2.45) is 5.41 Å². The largest absolute Gasteiger partial charge is 0.497 e. The number of halogens is 6. The number of ether oxygens (including phenoxy) is 3. The predicted molar refractivity (Wildman–Crippen MR) is 204 cm³/mol. The summed E-state index contributed by atoms with van der Waals surface area (Å²) < 4.78 is 106. The second-order valence-corrected chi connectivity index (χ2v) is 16.6. The fourth-order valence-electron chi connectivity index (χ4n) is 8.85. The summed E-state index contributed by atoms with van der Waals surface area (Å²) in [6, 6.07) is 11.7. The molecule has 3 aliphatic rings. The molecular formula is C44H50F6N4O3. The molecule has 2 aromatic heterocycles. The van der Waals surface area contributed by atoms with E-state index in [0.717, 1.165) is 34.5 Å². The van der Waals surface area contributed by atoms with Gasteiger partial charge >= 0.3 is 6.18 Å². The second kappa shape index (κ2) is 16.6. The highest BCUT2D eigenvalue weighted by Crippen LogP contribution is 2.53. The first kappa shape index (κ1) is 40.9. The fourth-order valence-corrected chi connectivity index (χ4v) is 8.85. The van der Waals surface area contributed by atoms with Gasteiger partial charge in [0.05, 0.1) is 37.7 Å². The van der Waals surface area contributed by atoms with E-state index in [1.54, 1.807) is 26.6 Å². The molecule has 13 heteroatoms. The molecule has 2 fully saturated rings. The first-order valence-electron chi connectivity index (χ1n) is 19.7. The first-order valence-corrected chi connectivity index (χ1v) is 19.7. The van der Waals surface area contributed by atoms with E-state index in [9.17, 15) is 22.0 Å². The molecule has 0 unspecified atom stereocenters. The van der Waals surface area contributed by atoms with Crippen LogP contribution in [0.2, 0.25) is 0 Å². The Kier molecular flexibility index (Phi) is 11.9. The third-order valence-corrected chi connectivity index (χ3v) is 11.8. The van der Waals surface area contributed by atoms with Crippen LogP contribution in [0.25, 0.3) is 0 Å². The Morgan fingerprint density at radius 2 is 1.47 bits per heavy atom. The average molecular weight is 797 g/mol. The summed E-state index contributed by atoms with van der Waals surface area (Å²) in [5.41, 5.74) is 3.69. The Balaban J connectivity index is 1.34. The number of methoxy groups -OCH3 is 2.